The number of hydrogen-bond acceptors (Lipinski definition) is 2. The van der Waals surface area contributed by atoms with Gasteiger partial charge in [-0.15, -0.1) is 0 Å². The number of para-hydroxylation sites is 1. The van der Waals surface area contributed by atoms with E-state index in [1.165, 1.54) is 0 Å². The lowest BCUT2D eigenvalue weighted by molar-refractivity contribution is 0.0624. The summed E-state index contributed by atoms with van der Waals surface area (Å²) in [6.07, 6.45) is 3.54. The Hall–Kier alpha value is -1.28. The summed E-state index contributed by atoms with van der Waals surface area (Å²) in [5.41, 5.74) is 0.290. The molecule has 0 spiro atoms. The molecule has 1 aliphatic heterocycles. The Morgan fingerprint density at radius 2 is 2.00 bits per heavy atom. The first kappa shape index (κ1) is 9.28. The minimum absolute atomic E-state index is 0.00690. The summed E-state index contributed by atoms with van der Waals surface area (Å²) in [7, 11) is 0. The molecule has 0 radical (unpaired) electrons. The smallest absolute Gasteiger partial charge is 0.130 e. The van der Waals surface area contributed by atoms with E-state index in [0.29, 0.717) is 0 Å². The summed E-state index contributed by atoms with van der Waals surface area (Å²) < 4.78 is 5.36. The van der Waals surface area contributed by atoms with Gasteiger partial charge < -0.3 is 9.84 Å². The molecule has 2 nitrogen and oxygen atoms in total. The van der Waals surface area contributed by atoms with Crippen LogP contribution in [-0.4, -0.2) is 10.7 Å². The van der Waals surface area contributed by atoms with E-state index in [9.17, 15) is 5.11 Å². The van der Waals surface area contributed by atoms with E-state index in [0.717, 1.165) is 11.3 Å². The summed E-state index contributed by atoms with van der Waals surface area (Å²) in [6.45, 7) is 3.62. The molecule has 74 valence electrons. The van der Waals surface area contributed by atoms with Gasteiger partial charge in [0.15, 0.2) is 0 Å². The molecule has 1 heterocycles. The van der Waals surface area contributed by atoms with Crippen molar-refractivity contribution in [3.05, 3.63) is 42.2 Å². The summed E-state index contributed by atoms with van der Waals surface area (Å²) >= 11 is 0. The van der Waals surface area contributed by atoms with Crippen LogP contribution in [0.5, 0.6) is 5.75 Å². The highest BCUT2D eigenvalue weighted by Crippen LogP contribution is 2.37. The number of hydrogen-bond donors (Lipinski definition) is 1. The highest BCUT2D eigenvalue weighted by molar-refractivity contribution is 5.42. The van der Waals surface area contributed by atoms with Crippen molar-refractivity contribution in [3.63, 3.8) is 0 Å². The minimum atomic E-state index is -0.754. The van der Waals surface area contributed by atoms with Crippen molar-refractivity contribution in [2.24, 2.45) is 0 Å². The summed E-state index contributed by atoms with van der Waals surface area (Å²) in [4.78, 5) is 0. The SMILES string of the molecule is CC(C)(O)C1C=COc2ccccc21. The van der Waals surface area contributed by atoms with Gasteiger partial charge in [0.25, 0.3) is 0 Å². The Labute approximate surface area is 83.8 Å². The molecule has 1 atom stereocenters. The first-order valence-corrected chi connectivity index (χ1v) is 4.73. The monoisotopic (exact) mass is 190 g/mol. The van der Waals surface area contributed by atoms with Gasteiger partial charge in [0, 0.05) is 11.5 Å². The fourth-order valence-corrected chi connectivity index (χ4v) is 1.76. The van der Waals surface area contributed by atoms with Crippen molar-refractivity contribution in [3.8, 4) is 5.75 Å². The molecule has 2 heteroatoms. The third-order valence-corrected chi connectivity index (χ3v) is 2.48. The van der Waals surface area contributed by atoms with E-state index in [1.54, 1.807) is 6.26 Å². The van der Waals surface area contributed by atoms with Gasteiger partial charge in [-0.2, -0.15) is 0 Å². The van der Waals surface area contributed by atoms with Crippen molar-refractivity contribution in [1.82, 2.24) is 0 Å². The number of ether oxygens (including phenoxy) is 1. The predicted molar refractivity (Wildman–Crippen MR) is 55.2 cm³/mol. The van der Waals surface area contributed by atoms with Crippen LogP contribution in [0.4, 0.5) is 0 Å². The molecular formula is C12H14O2. The van der Waals surface area contributed by atoms with Gasteiger partial charge in [-0.25, -0.2) is 0 Å². The van der Waals surface area contributed by atoms with Gasteiger partial charge in [0.2, 0.25) is 0 Å². The molecule has 0 bridgehead atoms. The molecule has 1 aromatic rings. The van der Waals surface area contributed by atoms with E-state index in [1.807, 2.05) is 44.2 Å². The molecule has 1 aromatic carbocycles. The first-order chi connectivity index (χ1) is 6.59. The highest BCUT2D eigenvalue weighted by Gasteiger charge is 2.30. The Kier molecular flexibility index (Phi) is 2.08. The average Bonchev–Trinajstić information content (AvgIpc) is 2.15. The van der Waals surface area contributed by atoms with Crippen LogP contribution in [0, 0.1) is 0 Å². The van der Waals surface area contributed by atoms with E-state index in [4.69, 9.17) is 4.74 Å². The largest absolute Gasteiger partial charge is 0.465 e. The third kappa shape index (κ3) is 1.53. The Balaban J connectivity index is 2.46. The molecule has 1 N–H and O–H groups in total. The maximum atomic E-state index is 9.98. The van der Waals surface area contributed by atoms with Crippen LogP contribution in [0.25, 0.3) is 0 Å². The highest BCUT2D eigenvalue weighted by atomic mass is 16.5. The maximum absolute atomic E-state index is 9.98. The quantitative estimate of drug-likeness (QED) is 0.737. The molecule has 0 saturated carbocycles. The number of benzene rings is 1. The molecule has 2 rings (SSSR count). The van der Waals surface area contributed by atoms with Crippen LogP contribution in [0.1, 0.15) is 25.3 Å². The van der Waals surface area contributed by atoms with Gasteiger partial charge in [0.05, 0.1) is 11.9 Å². The molecule has 1 aliphatic rings. The zero-order valence-corrected chi connectivity index (χ0v) is 8.40. The fourth-order valence-electron chi connectivity index (χ4n) is 1.76. The normalized spacial score (nSPS) is 20.1. The zero-order valence-electron chi connectivity index (χ0n) is 8.40. The molecule has 0 aromatic heterocycles. The van der Waals surface area contributed by atoms with E-state index in [-0.39, 0.29) is 5.92 Å². The predicted octanol–water partition coefficient (Wildman–Crippen LogP) is 2.45. The van der Waals surface area contributed by atoms with Gasteiger partial charge >= 0.3 is 0 Å². The number of rotatable bonds is 1. The van der Waals surface area contributed by atoms with Crippen LogP contribution >= 0.6 is 0 Å². The lowest BCUT2D eigenvalue weighted by atomic mass is 9.83. The second kappa shape index (κ2) is 3.14. The van der Waals surface area contributed by atoms with Gasteiger partial charge in [-0.3, -0.25) is 0 Å². The van der Waals surface area contributed by atoms with Gasteiger partial charge in [-0.1, -0.05) is 18.2 Å². The van der Waals surface area contributed by atoms with Crippen molar-refractivity contribution in [2.75, 3.05) is 0 Å². The van der Waals surface area contributed by atoms with Crippen LogP contribution in [-0.2, 0) is 0 Å². The summed E-state index contributed by atoms with van der Waals surface area (Å²) in [5, 5.41) is 9.98. The Morgan fingerprint density at radius 3 is 2.71 bits per heavy atom. The molecule has 0 saturated heterocycles. The standard InChI is InChI=1S/C12H14O2/c1-12(2,13)10-7-8-14-11-6-4-3-5-9(10)11/h3-8,10,13H,1-2H3. The molecule has 0 aliphatic carbocycles. The third-order valence-electron chi connectivity index (χ3n) is 2.48. The molecular weight excluding hydrogens is 176 g/mol. The zero-order chi connectivity index (χ0) is 10.2. The van der Waals surface area contributed by atoms with Crippen LogP contribution < -0.4 is 4.74 Å². The van der Waals surface area contributed by atoms with Gasteiger partial charge in [-0.05, 0) is 26.0 Å². The fraction of sp³-hybridized carbons (Fsp3) is 0.333. The molecule has 1 unspecified atom stereocenters. The molecule has 14 heavy (non-hydrogen) atoms. The van der Waals surface area contributed by atoms with E-state index >= 15 is 0 Å². The topological polar surface area (TPSA) is 29.5 Å². The van der Waals surface area contributed by atoms with Crippen molar-refractivity contribution < 1.29 is 9.84 Å². The first-order valence-electron chi connectivity index (χ1n) is 4.73. The minimum Gasteiger partial charge on any atom is -0.465 e. The Morgan fingerprint density at radius 1 is 1.29 bits per heavy atom. The molecule has 0 amide bonds. The Bertz CT molecular complexity index is 361. The lowest BCUT2D eigenvalue weighted by Crippen LogP contribution is -2.29. The second-order valence-corrected chi connectivity index (χ2v) is 4.12. The van der Waals surface area contributed by atoms with Crippen molar-refractivity contribution in [2.45, 2.75) is 25.4 Å². The van der Waals surface area contributed by atoms with Crippen molar-refractivity contribution >= 4 is 0 Å². The van der Waals surface area contributed by atoms with E-state index < -0.39 is 5.60 Å². The maximum Gasteiger partial charge on any atom is 0.130 e. The summed E-state index contributed by atoms with van der Waals surface area (Å²) in [6, 6.07) is 7.79. The van der Waals surface area contributed by atoms with Crippen LogP contribution in [0.3, 0.4) is 0 Å². The molecule has 0 fully saturated rings. The van der Waals surface area contributed by atoms with Gasteiger partial charge in [0.1, 0.15) is 5.75 Å². The van der Waals surface area contributed by atoms with Crippen LogP contribution in [0.2, 0.25) is 0 Å². The lowest BCUT2D eigenvalue weighted by Gasteiger charge is -2.30. The average molecular weight is 190 g/mol. The number of aliphatic hydroxyl groups is 1. The second-order valence-electron chi connectivity index (χ2n) is 4.12. The number of fused-ring (bicyclic) bond motifs is 1. The van der Waals surface area contributed by atoms with Crippen molar-refractivity contribution in [1.29, 1.82) is 0 Å². The van der Waals surface area contributed by atoms with E-state index in [2.05, 4.69) is 0 Å². The summed E-state index contributed by atoms with van der Waals surface area (Å²) in [5.74, 6) is 0.842. The van der Waals surface area contributed by atoms with Crippen LogP contribution in [0.15, 0.2) is 36.6 Å².